The molecule has 0 unspecified atom stereocenters. The topological polar surface area (TPSA) is 35.5 Å². The number of carbonyl (C=O) groups excluding carboxylic acids is 1. The fourth-order valence-corrected chi connectivity index (χ4v) is 4.75. The fourth-order valence-electron chi connectivity index (χ4n) is 3.44. The highest BCUT2D eigenvalue weighted by Gasteiger charge is 2.21. The van der Waals surface area contributed by atoms with Crippen LogP contribution < -0.4 is 9.47 Å². The lowest BCUT2D eigenvalue weighted by Gasteiger charge is -2.08. The molecule has 0 aliphatic rings. The first-order chi connectivity index (χ1) is 14.6. The number of hydrogen-bond donors (Lipinski definition) is 0. The summed E-state index contributed by atoms with van der Waals surface area (Å²) in [7, 11) is 1.65. The van der Waals surface area contributed by atoms with Gasteiger partial charge in [-0.2, -0.15) is 0 Å². The van der Waals surface area contributed by atoms with Crippen LogP contribution in [0.2, 0.25) is 0 Å². The number of ketones is 1. The Balaban J connectivity index is 1.80. The Hall–Kier alpha value is -3.11. The zero-order valence-electron chi connectivity index (χ0n) is 17.4. The highest BCUT2D eigenvalue weighted by molar-refractivity contribution is 7.22. The van der Waals surface area contributed by atoms with Crippen LogP contribution in [0.25, 0.3) is 20.5 Å². The largest absolute Gasteiger partial charge is 0.497 e. The molecule has 0 amide bonds. The molecule has 3 aromatic carbocycles. The minimum Gasteiger partial charge on any atom is -0.497 e. The molecule has 30 heavy (non-hydrogen) atoms. The number of ether oxygens (including phenoxy) is 2. The Morgan fingerprint density at radius 1 is 0.933 bits per heavy atom. The maximum Gasteiger partial charge on any atom is 0.195 e. The van der Waals surface area contributed by atoms with Gasteiger partial charge in [0.25, 0.3) is 0 Å². The van der Waals surface area contributed by atoms with Crippen LogP contribution in [-0.4, -0.2) is 19.5 Å². The van der Waals surface area contributed by atoms with E-state index in [-0.39, 0.29) is 5.78 Å². The van der Waals surface area contributed by atoms with Gasteiger partial charge in [-0.15, -0.1) is 11.3 Å². The number of rotatable bonds is 7. The summed E-state index contributed by atoms with van der Waals surface area (Å²) in [5.74, 6) is 1.61. The molecule has 4 heteroatoms. The van der Waals surface area contributed by atoms with Gasteiger partial charge in [0.05, 0.1) is 13.7 Å². The van der Waals surface area contributed by atoms with Gasteiger partial charge >= 0.3 is 0 Å². The van der Waals surface area contributed by atoms with E-state index in [2.05, 4.69) is 32.0 Å². The number of aryl methyl sites for hydroxylation is 1. The Kier molecular flexibility index (Phi) is 5.86. The molecule has 1 heterocycles. The van der Waals surface area contributed by atoms with Crippen molar-refractivity contribution < 1.29 is 14.3 Å². The lowest BCUT2D eigenvalue weighted by Crippen LogP contribution is -2.03. The van der Waals surface area contributed by atoms with Crippen molar-refractivity contribution in [1.82, 2.24) is 0 Å². The molecule has 4 rings (SSSR count). The van der Waals surface area contributed by atoms with Crippen LogP contribution in [0.3, 0.4) is 0 Å². The standard InChI is InChI=1S/C26H24O3S/c1-4-15-29-21-12-6-18(7-13-21)25(27)24-22-14-5-17(2)16-23(22)30-26(24)19-8-10-20(28-3)11-9-19/h5-14,16H,4,15H2,1-3H3. The zero-order chi connectivity index (χ0) is 21.1. The van der Waals surface area contributed by atoms with Crippen LogP contribution in [0.1, 0.15) is 34.8 Å². The van der Waals surface area contributed by atoms with Crippen LogP contribution in [0.15, 0.2) is 66.7 Å². The average molecular weight is 417 g/mol. The predicted octanol–water partition coefficient (Wildman–Crippen LogP) is 6.91. The molecule has 0 saturated carbocycles. The quantitative estimate of drug-likeness (QED) is 0.307. The van der Waals surface area contributed by atoms with Crippen LogP contribution in [-0.2, 0) is 0 Å². The molecule has 0 bridgehead atoms. The predicted molar refractivity (Wildman–Crippen MR) is 124 cm³/mol. The van der Waals surface area contributed by atoms with E-state index in [0.29, 0.717) is 12.2 Å². The lowest BCUT2D eigenvalue weighted by molar-refractivity contribution is 0.104. The molecule has 0 atom stereocenters. The molecule has 4 aromatic rings. The summed E-state index contributed by atoms with van der Waals surface area (Å²) in [5.41, 5.74) is 3.61. The van der Waals surface area contributed by atoms with Gasteiger partial charge in [0, 0.05) is 26.1 Å². The minimum absolute atomic E-state index is 0.0259. The molecule has 0 spiro atoms. The Morgan fingerprint density at radius 2 is 1.63 bits per heavy atom. The highest BCUT2D eigenvalue weighted by atomic mass is 32.1. The fraction of sp³-hybridized carbons (Fsp3) is 0.192. The summed E-state index contributed by atoms with van der Waals surface area (Å²) in [6.45, 7) is 4.81. The monoisotopic (exact) mass is 416 g/mol. The summed E-state index contributed by atoms with van der Waals surface area (Å²) in [6.07, 6.45) is 0.951. The second-order valence-electron chi connectivity index (χ2n) is 7.24. The maximum absolute atomic E-state index is 13.6. The van der Waals surface area contributed by atoms with Crippen molar-refractivity contribution >= 4 is 27.2 Å². The normalized spacial score (nSPS) is 10.9. The molecule has 1 aromatic heterocycles. The van der Waals surface area contributed by atoms with Crippen molar-refractivity contribution in [2.75, 3.05) is 13.7 Å². The summed E-state index contributed by atoms with van der Waals surface area (Å²) in [5, 5.41) is 0.993. The molecular weight excluding hydrogens is 392 g/mol. The van der Waals surface area contributed by atoms with Gasteiger partial charge in [-0.3, -0.25) is 4.79 Å². The Labute approximate surface area is 180 Å². The van der Waals surface area contributed by atoms with Gasteiger partial charge in [-0.1, -0.05) is 19.1 Å². The third kappa shape index (κ3) is 3.96. The van der Waals surface area contributed by atoms with E-state index in [4.69, 9.17) is 9.47 Å². The number of hydrogen-bond acceptors (Lipinski definition) is 4. The lowest BCUT2D eigenvalue weighted by atomic mass is 9.97. The van der Waals surface area contributed by atoms with Crippen molar-refractivity contribution in [2.45, 2.75) is 20.3 Å². The molecule has 0 aliphatic heterocycles. The van der Waals surface area contributed by atoms with E-state index in [9.17, 15) is 4.79 Å². The number of carbonyl (C=O) groups is 1. The third-order valence-corrected chi connectivity index (χ3v) is 6.22. The van der Waals surface area contributed by atoms with E-state index in [1.807, 2.05) is 48.5 Å². The van der Waals surface area contributed by atoms with Crippen molar-refractivity contribution in [1.29, 1.82) is 0 Å². The minimum atomic E-state index is 0.0259. The molecule has 3 nitrogen and oxygen atoms in total. The molecule has 152 valence electrons. The highest BCUT2D eigenvalue weighted by Crippen LogP contribution is 2.40. The van der Waals surface area contributed by atoms with Gasteiger partial charge < -0.3 is 9.47 Å². The summed E-state index contributed by atoms with van der Waals surface area (Å²) in [6, 6.07) is 21.6. The van der Waals surface area contributed by atoms with E-state index in [1.165, 1.54) is 5.56 Å². The van der Waals surface area contributed by atoms with E-state index in [0.717, 1.165) is 44.0 Å². The van der Waals surface area contributed by atoms with Crippen LogP contribution >= 0.6 is 11.3 Å². The SMILES string of the molecule is CCCOc1ccc(C(=O)c2c(-c3ccc(OC)cc3)sc3cc(C)ccc23)cc1. The first-order valence-corrected chi connectivity index (χ1v) is 10.9. The second-order valence-corrected chi connectivity index (χ2v) is 8.29. The second kappa shape index (κ2) is 8.72. The van der Waals surface area contributed by atoms with Gasteiger partial charge in [0.1, 0.15) is 11.5 Å². The molecular formula is C26H24O3S. The Bertz CT molecular complexity index is 1170. The first kappa shape index (κ1) is 20.2. The third-order valence-electron chi connectivity index (χ3n) is 5.01. The van der Waals surface area contributed by atoms with E-state index < -0.39 is 0 Å². The van der Waals surface area contributed by atoms with Gasteiger partial charge in [-0.25, -0.2) is 0 Å². The van der Waals surface area contributed by atoms with Crippen molar-refractivity contribution in [3.63, 3.8) is 0 Å². The van der Waals surface area contributed by atoms with Crippen LogP contribution in [0.4, 0.5) is 0 Å². The average Bonchev–Trinajstić information content (AvgIpc) is 3.16. The molecule has 0 radical (unpaired) electrons. The molecule has 0 N–H and O–H groups in total. The van der Waals surface area contributed by atoms with Crippen LogP contribution in [0, 0.1) is 6.92 Å². The summed E-state index contributed by atoms with van der Waals surface area (Å²) >= 11 is 1.66. The molecule has 0 aliphatic carbocycles. The van der Waals surface area contributed by atoms with Gasteiger partial charge in [0.15, 0.2) is 5.78 Å². The van der Waals surface area contributed by atoms with Gasteiger partial charge in [0.2, 0.25) is 0 Å². The van der Waals surface area contributed by atoms with Gasteiger partial charge in [-0.05, 0) is 79.1 Å². The Morgan fingerprint density at radius 3 is 2.30 bits per heavy atom. The van der Waals surface area contributed by atoms with E-state index in [1.54, 1.807) is 18.4 Å². The van der Waals surface area contributed by atoms with Crippen LogP contribution in [0.5, 0.6) is 11.5 Å². The zero-order valence-corrected chi connectivity index (χ0v) is 18.2. The van der Waals surface area contributed by atoms with E-state index >= 15 is 0 Å². The number of fused-ring (bicyclic) bond motifs is 1. The van der Waals surface area contributed by atoms with Crippen molar-refractivity contribution in [2.24, 2.45) is 0 Å². The first-order valence-electron chi connectivity index (χ1n) is 10.1. The molecule has 0 saturated heterocycles. The van der Waals surface area contributed by atoms with Crippen molar-refractivity contribution in [3.05, 3.63) is 83.4 Å². The number of thiophene rings is 1. The number of methoxy groups -OCH3 is 1. The summed E-state index contributed by atoms with van der Waals surface area (Å²) in [4.78, 5) is 14.6. The smallest absolute Gasteiger partial charge is 0.195 e. The summed E-state index contributed by atoms with van der Waals surface area (Å²) < 4.78 is 12.1. The van der Waals surface area contributed by atoms with Crippen molar-refractivity contribution in [3.8, 4) is 21.9 Å². The molecule has 0 fully saturated rings. The number of benzene rings is 3. The maximum atomic E-state index is 13.6.